The Kier molecular flexibility index (Phi) is 3.37. The van der Waals surface area contributed by atoms with Crippen LogP contribution in [0.1, 0.15) is 26.2 Å². The van der Waals surface area contributed by atoms with E-state index in [0.717, 1.165) is 31.7 Å². The third kappa shape index (κ3) is 2.20. The van der Waals surface area contributed by atoms with E-state index < -0.39 is 5.97 Å². The number of fused-ring (bicyclic) bond motifs is 2. The normalized spacial score (nSPS) is 37.7. The number of carboxylic acids is 1. The second kappa shape index (κ2) is 4.89. The quantitative estimate of drug-likeness (QED) is 0.792. The van der Waals surface area contributed by atoms with Crippen LogP contribution in [0.2, 0.25) is 0 Å². The third-order valence-corrected chi connectivity index (χ3v) is 5.72. The first-order chi connectivity index (χ1) is 9.08. The molecule has 0 radical (unpaired) electrons. The Hall–Kier alpha value is -0.910. The lowest BCUT2D eigenvalue weighted by molar-refractivity contribution is -0.142. The highest BCUT2D eigenvalue weighted by Crippen LogP contribution is 2.42. The van der Waals surface area contributed by atoms with Gasteiger partial charge in [-0.05, 0) is 19.3 Å². The second-order valence-corrected chi connectivity index (χ2v) is 7.34. The fourth-order valence-electron chi connectivity index (χ4n) is 3.71. The summed E-state index contributed by atoms with van der Waals surface area (Å²) >= 11 is 1.90. The van der Waals surface area contributed by atoms with Crippen LogP contribution in [0.15, 0.2) is 0 Å². The van der Waals surface area contributed by atoms with Crippen molar-refractivity contribution in [1.82, 2.24) is 9.80 Å². The predicted molar refractivity (Wildman–Crippen MR) is 73.3 cm³/mol. The Morgan fingerprint density at radius 2 is 2.11 bits per heavy atom. The van der Waals surface area contributed by atoms with Gasteiger partial charge >= 0.3 is 12.0 Å². The maximum absolute atomic E-state index is 12.6. The molecule has 3 fully saturated rings. The third-order valence-electron chi connectivity index (χ3n) is 4.59. The first-order valence-corrected chi connectivity index (χ1v) is 8.04. The first kappa shape index (κ1) is 13.1. The number of hydrogen-bond acceptors (Lipinski definition) is 3. The van der Waals surface area contributed by atoms with Gasteiger partial charge < -0.3 is 14.9 Å². The number of urea groups is 1. The summed E-state index contributed by atoms with van der Waals surface area (Å²) in [6.45, 7) is 3.72. The highest BCUT2D eigenvalue weighted by atomic mass is 32.2. The molecule has 3 aliphatic rings. The van der Waals surface area contributed by atoms with Crippen LogP contribution in [-0.2, 0) is 4.79 Å². The van der Waals surface area contributed by atoms with E-state index in [1.54, 1.807) is 0 Å². The average molecular weight is 284 g/mol. The van der Waals surface area contributed by atoms with Crippen LogP contribution in [-0.4, -0.2) is 63.1 Å². The molecule has 3 saturated heterocycles. The molecular weight excluding hydrogens is 264 g/mol. The number of aliphatic carboxylic acids is 1. The molecule has 3 aliphatic heterocycles. The molecule has 0 spiro atoms. The molecule has 5 nitrogen and oxygen atoms in total. The molecule has 4 atom stereocenters. The zero-order chi connectivity index (χ0) is 13.6. The van der Waals surface area contributed by atoms with Crippen molar-refractivity contribution in [2.45, 2.75) is 43.5 Å². The van der Waals surface area contributed by atoms with Crippen molar-refractivity contribution in [2.24, 2.45) is 5.92 Å². The van der Waals surface area contributed by atoms with Gasteiger partial charge in [-0.25, -0.2) is 4.79 Å². The fourth-order valence-corrected chi connectivity index (χ4v) is 4.72. The van der Waals surface area contributed by atoms with E-state index >= 15 is 0 Å². The van der Waals surface area contributed by atoms with E-state index in [0.29, 0.717) is 11.7 Å². The maximum atomic E-state index is 12.6. The van der Waals surface area contributed by atoms with Crippen LogP contribution in [0.5, 0.6) is 0 Å². The van der Waals surface area contributed by atoms with E-state index in [2.05, 4.69) is 6.92 Å². The number of carbonyl (C=O) groups excluding carboxylic acids is 1. The van der Waals surface area contributed by atoms with Gasteiger partial charge in [0.25, 0.3) is 0 Å². The van der Waals surface area contributed by atoms with Gasteiger partial charge in [0.05, 0.1) is 5.92 Å². The summed E-state index contributed by atoms with van der Waals surface area (Å²) in [5.74, 6) is -0.106. The van der Waals surface area contributed by atoms with E-state index in [1.165, 1.54) is 0 Å². The van der Waals surface area contributed by atoms with Crippen LogP contribution in [0.4, 0.5) is 4.79 Å². The van der Waals surface area contributed by atoms with E-state index in [-0.39, 0.29) is 24.0 Å². The number of amides is 2. The molecular formula is C13H20N2O3S. The molecule has 0 saturated carbocycles. The topological polar surface area (TPSA) is 60.9 Å². The second-order valence-electron chi connectivity index (χ2n) is 5.80. The Balaban J connectivity index is 1.72. The average Bonchev–Trinajstić information content (AvgIpc) is 2.95. The van der Waals surface area contributed by atoms with Crippen molar-refractivity contribution in [3.05, 3.63) is 0 Å². The lowest BCUT2D eigenvalue weighted by Crippen LogP contribution is -2.50. The fraction of sp³-hybridized carbons (Fsp3) is 0.846. The lowest BCUT2D eigenvalue weighted by atomic mass is 9.89. The van der Waals surface area contributed by atoms with Gasteiger partial charge in [-0.3, -0.25) is 4.79 Å². The first-order valence-electron chi connectivity index (χ1n) is 6.99. The number of nitrogens with zero attached hydrogens (tertiary/aromatic N) is 2. The SMILES string of the molecule is CC1CN(C(=O)N2C3CCC2C(C(=O)O)C3)CCS1. The van der Waals surface area contributed by atoms with Crippen molar-refractivity contribution in [1.29, 1.82) is 0 Å². The molecule has 1 N–H and O–H groups in total. The number of carboxylic acid groups (broad SMARTS) is 1. The Morgan fingerprint density at radius 1 is 1.32 bits per heavy atom. The minimum absolute atomic E-state index is 0.0696. The van der Waals surface area contributed by atoms with Crippen LogP contribution in [0, 0.1) is 5.92 Å². The molecule has 2 amide bonds. The minimum Gasteiger partial charge on any atom is -0.481 e. The largest absolute Gasteiger partial charge is 0.481 e. The molecule has 0 aromatic heterocycles. The summed E-state index contributed by atoms with van der Waals surface area (Å²) in [6, 6.07) is 0.159. The van der Waals surface area contributed by atoms with Crippen molar-refractivity contribution < 1.29 is 14.7 Å². The van der Waals surface area contributed by atoms with Crippen LogP contribution < -0.4 is 0 Å². The molecule has 106 valence electrons. The van der Waals surface area contributed by atoms with Gasteiger partial charge in [0, 0.05) is 36.2 Å². The van der Waals surface area contributed by atoms with Crippen LogP contribution in [0.25, 0.3) is 0 Å². The molecule has 0 aliphatic carbocycles. The Morgan fingerprint density at radius 3 is 2.74 bits per heavy atom. The summed E-state index contributed by atoms with van der Waals surface area (Å²) in [5.41, 5.74) is 0. The van der Waals surface area contributed by atoms with E-state index in [4.69, 9.17) is 0 Å². The van der Waals surface area contributed by atoms with E-state index in [9.17, 15) is 14.7 Å². The van der Waals surface area contributed by atoms with Crippen molar-refractivity contribution in [2.75, 3.05) is 18.8 Å². The highest BCUT2D eigenvalue weighted by molar-refractivity contribution is 7.99. The van der Waals surface area contributed by atoms with Crippen molar-refractivity contribution in [3.63, 3.8) is 0 Å². The molecule has 6 heteroatoms. The van der Waals surface area contributed by atoms with Gasteiger partial charge in [0.2, 0.25) is 0 Å². The summed E-state index contributed by atoms with van der Waals surface area (Å²) in [4.78, 5) is 27.6. The molecule has 3 rings (SSSR count). The summed E-state index contributed by atoms with van der Waals surface area (Å²) in [6.07, 6.45) is 2.47. The standard InChI is InChI=1S/C13H20N2O3S/c1-8-7-14(4-5-19-8)13(18)15-9-2-3-11(15)10(6-9)12(16)17/h8-11H,2-7H2,1H3,(H,16,17). The van der Waals surface area contributed by atoms with Crippen LogP contribution in [0.3, 0.4) is 0 Å². The number of hydrogen-bond donors (Lipinski definition) is 1. The minimum atomic E-state index is -0.743. The molecule has 4 unspecified atom stereocenters. The molecule has 0 aromatic carbocycles. The van der Waals surface area contributed by atoms with Gasteiger partial charge in [-0.2, -0.15) is 11.8 Å². The zero-order valence-corrected chi connectivity index (χ0v) is 11.9. The van der Waals surface area contributed by atoms with Crippen LogP contribution >= 0.6 is 11.8 Å². The summed E-state index contributed by atoms with van der Waals surface area (Å²) < 4.78 is 0. The maximum Gasteiger partial charge on any atom is 0.320 e. The highest BCUT2D eigenvalue weighted by Gasteiger charge is 2.52. The van der Waals surface area contributed by atoms with Gasteiger partial charge in [0.15, 0.2) is 0 Å². The smallest absolute Gasteiger partial charge is 0.320 e. The lowest BCUT2D eigenvalue weighted by Gasteiger charge is -2.35. The number of carbonyl (C=O) groups is 2. The van der Waals surface area contributed by atoms with E-state index in [1.807, 2.05) is 21.6 Å². The van der Waals surface area contributed by atoms with Gasteiger partial charge in [-0.1, -0.05) is 6.92 Å². The number of rotatable bonds is 1. The molecule has 0 aromatic rings. The zero-order valence-electron chi connectivity index (χ0n) is 11.1. The molecule has 3 heterocycles. The monoisotopic (exact) mass is 284 g/mol. The Bertz CT molecular complexity index is 403. The van der Waals surface area contributed by atoms with Crippen molar-refractivity contribution >= 4 is 23.8 Å². The van der Waals surface area contributed by atoms with Crippen molar-refractivity contribution in [3.8, 4) is 0 Å². The summed E-state index contributed by atoms with van der Waals surface area (Å²) in [7, 11) is 0. The van der Waals surface area contributed by atoms with Gasteiger partial charge in [0.1, 0.15) is 0 Å². The summed E-state index contributed by atoms with van der Waals surface area (Å²) in [5, 5.41) is 9.71. The Labute approximate surface area is 117 Å². The number of thioether (sulfide) groups is 1. The molecule has 2 bridgehead atoms. The predicted octanol–water partition coefficient (Wildman–Crippen LogP) is 1.48. The molecule has 19 heavy (non-hydrogen) atoms. The van der Waals surface area contributed by atoms with Gasteiger partial charge in [-0.15, -0.1) is 0 Å².